The summed E-state index contributed by atoms with van der Waals surface area (Å²) in [5, 5.41) is 11.5. The first-order valence-electron chi connectivity index (χ1n) is 8.97. The predicted octanol–water partition coefficient (Wildman–Crippen LogP) is 2.30. The molecule has 4 rings (SSSR count). The van der Waals surface area contributed by atoms with E-state index in [-0.39, 0.29) is 5.91 Å². The SMILES string of the molecule is CCCCSC1=NN2C(=c3ccccc3=N[C@@H]2/C=C/c2ccco2)C(=O)N1. The van der Waals surface area contributed by atoms with E-state index in [9.17, 15) is 4.79 Å². The molecule has 1 N–H and O–H groups in total. The first-order chi connectivity index (χ1) is 13.3. The van der Waals surface area contributed by atoms with Gasteiger partial charge in [-0.15, -0.1) is 5.10 Å². The number of carbonyl (C=O) groups excluding carboxylic acids is 1. The number of hydrazone groups is 1. The lowest BCUT2D eigenvalue weighted by Crippen LogP contribution is -2.52. The van der Waals surface area contributed by atoms with Gasteiger partial charge in [-0.05, 0) is 36.8 Å². The van der Waals surface area contributed by atoms with Gasteiger partial charge in [0.05, 0.1) is 11.6 Å². The average molecular weight is 380 g/mol. The summed E-state index contributed by atoms with van der Waals surface area (Å²) >= 11 is 1.56. The third kappa shape index (κ3) is 3.68. The topological polar surface area (TPSA) is 70.2 Å². The summed E-state index contributed by atoms with van der Waals surface area (Å²) in [5.74, 6) is 1.50. The van der Waals surface area contributed by atoms with E-state index in [4.69, 9.17) is 9.41 Å². The average Bonchev–Trinajstić information content (AvgIpc) is 3.20. The van der Waals surface area contributed by atoms with Crippen molar-refractivity contribution >= 4 is 34.6 Å². The van der Waals surface area contributed by atoms with Gasteiger partial charge >= 0.3 is 0 Å². The quantitative estimate of drug-likeness (QED) is 0.808. The van der Waals surface area contributed by atoms with Gasteiger partial charge in [0, 0.05) is 11.0 Å². The van der Waals surface area contributed by atoms with Crippen molar-refractivity contribution in [3.05, 3.63) is 65.1 Å². The molecule has 27 heavy (non-hydrogen) atoms. The van der Waals surface area contributed by atoms with Crippen LogP contribution in [0.2, 0.25) is 0 Å². The van der Waals surface area contributed by atoms with Crippen molar-refractivity contribution in [1.82, 2.24) is 10.3 Å². The summed E-state index contributed by atoms with van der Waals surface area (Å²) in [6.45, 7) is 2.14. The number of thioether (sulfide) groups is 1. The van der Waals surface area contributed by atoms with E-state index in [1.807, 2.05) is 48.6 Å². The van der Waals surface area contributed by atoms with Gasteiger partial charge in [-0.1, -0.05) is 43.3 Å². The molecule has 0 radical (unpaired) electrons. The minimum absolute atomic E-state index is 0.150. The maximum absolute atomic E-state index is 12.8. The van der Waals surface area contributed by atoms with Crippen LogP contribution in [0.25, 0.3) is 11.8 Å². The molecule has 1 aromatic heterocycles. The normalized spacial score (nSPS) is 18.6. The number of unbranched alkanes of at least 4 members (excludes halogenated alkanes) is 1. The molecule has 1 atom stereocenters. The third-order valence-corrected chi connectivity index (χ3v) is 5.21. The van der Waals surface area contributed by atoms with E-state index >= 15 is 0 Å². The molecule has 2 aliphatic rings. The Bertz CT molecular complexity index is 1010. The largest absolute Gasteiger partial charge is 0.465 e. The highest BCUT2D eigenvalue weighted by Crippen LogP contribution is 2.22. The fraction of sp³-hybridized carbons (Fsp3) is 0.250. The van der Waals surface area contributed by atoms with E-state index in [1.54, 1.807) is 23.0 Å². The van der Waals surface area contributed by atoms with Crippen LogP contribution < -0.4 is 15.9 Å². The highest BCUT2D eigenvalue weighted by Gasteiger charge is 2.32. The number of hydrogen-bond acceptors (Lipinski definition) is 6. The van der Waals surface area contributed by atoms with Crippen LogP contribution in [0, 0.1) is 0 Å². The molecular weight excluding hydrogens is 360 g/mol. The van der Waals surface area contributed by atoms with E-state index < -0.39 is 6.17 Å². The molecule has 2 aliphatic heterocycles. The van der Waals surface area contributed by atoms with Gasteiger partial charge in [0.25, 0.3) is 5.91 Å². The zero-order chi connectivity index (χ0) is 18.6. The number of amides is 1. The standard InChI is InChI=1S/C20H20N4O2S/c1-2-3-13-27-20-22-19(25)18-15-8-4-5-9-16(15)21-17(24(18)23-20)11-10-14-7-6-12-26-14/h4-12,17H,2-3,13H2,1H3,(H,22,23,25)/b11-10+/t17-/m0/s1. The van der Waals surface area contributed by atoms with Gasteiger partial charge in [0.2, 0.25) is 0 Å². The van der Waals surface area contributed by atoms with Crippen molar-refractivity contribution in [3.63, 3.8) is 0 Å². The van der Waals surface area contributed by atoms with Crippen LogP contribution in [-0.2, 0) is 4.79 Å². The number of furan rings is 1. The molecule has 0 saturated heterocycles. The molecule has 138 valence electrons. The number of hydrogen-bond donors (Lipinski definition) is 1. The Morgan fingerprint density at radius 1 is 1.30 bits per heavy atom. The van der Waals surface area contributed by atoms with E-state index in [0.717, 1.165) is 34.9 Å². The van der Waals surface area contributed by atoms with Gasteiger partial charge < -0.3 is 4.42 Å². The second-order valence-electron chi connectivity index (χ2n) is 6.19. The van der Waals surface area contributed by atoms with E-state index in [0.29, 0.717) is 10.9 Å². The third-order valence-electron chi connectivity index (χ3n) is 4.26. The van der Waals surface area contributed by atoms with Gasteiger partial charge in [-0.3, -0.25) is 15.1 Å². The Labute approximate surface area is 161 Å². The highest BCUT2D eigenvalue weighted by atomic mass is 32.2. The van der Waals surface area contributed by atoms with Crippen molar-refractivity contribution in [2.75, 3.05) is 5.75 Å². The van der Waals surface area contributed by atoms with Crippen LogP contribution in [0.4, 0.5) is 0 Å². The van der Waals surface area contributed by atoms with Crippen molar-refractivity contribution in [3.8, 4) is 0 Å². The molecule has 1 aromatic carbocycles. The molecule has 2 aromatic rings. The number of para-hydroxylation sites is 1. The molecule has 0 fully saturated rings. The monoisotopic (exact) mass is 380 g/mol. The molecule has 0 saturated carbocycles. The van der Waals surface area contributed by atoms with Crippen molar-refractivity contribution in [1.29, 1.82) is 0 Å². The smallest absolute Gasteiger partial charge is 0.276 e. The molecule has 3 heterocycles. The maximum Gasteiger partial charge on any atom is 0.276 e. The Kier molecular flexibility index (Phi) is 5.11. The lowest BCUT2D eigenvalue weighted by atomic mass is 10.1. The fourth-order valence-electron chi connectivity index (χ4n) is 2.92. The van der Waals surface area contributed by atoms with Crippen LogP contribution >= 0.6 is 11.8 Å². The van der Waals surface area contributed by atoms with Crippen molar-refractivity contribution in [2.24, 2.45) is 10.1 Å². The van der Waals surface area contributed by atoms with Gasteiger partial charge in [-0.25, -0.2) is 5.01 Å². The van der Waals surface area contributed by atoms with Crippen LogP contribution in [-0.4, -0.2) is 28.0 Å². The van der Waals surface area contributed by atoms with Crippen LogP contribution in [0.15, 0.2) is 63.2 Å². The molecule has 0 spiro atoms. The number of rotatable bonds is 5. The molecule has 0 aliphatic carbocycles. The fourth-order valence-corrected chi connectivity index (χ4v) is 3.86. The predicted molar refractivity (Wildman–Crippen MR) is 107 cm³/mol. The highest BCUT2D eigenvalue weighted by molar-refractivity contribution is 8.13. The minimum atomic E-state index is -0.409. The lowest BCUT2D eigenvalue weighted by molar-refractivity contribution is -0.116. The van der Waals surface area contributed by atoms with Gasteiger partial charge in [0.15, 0.2) is 11.3 Å². The first kappa shape index (κ1) is 17.6. The number of nitrogens with one attached hydrogen (secondary N) is 1. The van der Waals surface area contributed by atoms with Gasteiger partial charge in [0.1, 0.15) is 11.5 Å². The van der Waals surface area contributed by atoms with Gasteiger partial charge in [-0.2, -0.15) is 0 Å². The number of nitrogens with zero attached hydrogens (tertiary/aromatic N) is 3. The zero-order valence-electron chi connectivity index (χ0n) is 15.0. The summed E-state index contributed by atoms with van der Waals surface area (Å²) in [5.41, 5.74) is 0.523. The number of benzene rings is 1. The van der Waals surface area contributed by atoms with E-state index in [2.05, 4.69) is 17.3 Å². The van der Waals surface area contributed by atoms with E-state index in [1.165, 1.54) is 0 Å². The minimum Gasteiger partial charge on any atom is -0.465 e. The second-order valence-corrected chi connectivity index (χ2v) is 7.27. The summed E-state index contributed by atoms with van der Waals surface area (Å²) in [6, 6.07) is 11.3. The molecular formula is C20H20N4O2S. The molecule has 0 bridgehead atoms. The number of fused-ring (bicyclic) bond motifs is 2. The second kappa shape index (κ2) is 7.84. The summed E-state index contributed by atoms with van der Waals surface area (Å²) in [6.07, 6.45) is 7.14. The van der Waals surface area contributed by atoms with Crippen LogP contribution in [0.3, 0.4) is 0 Å². The summed E-state index contributed by atoms with van der Waals surface area (Å²) < 4.78 is 5.36. The Balaban J connectivity index is 1.74. The van der Waals surface area contributed by atoms with Crippen molar-refractivity contribution < 1.29 is 9.21 Å². The zero-order valence-corrected chi connectivity index (χ0v) is 15.8. The number of amidine groups is 1. The van der Waals surface area contributed by atoms with Crippen molar-refractivity contribution in [2.45, 2.75) is 25.9 Å². The molecule has 0 unspecified atom stereocenters. The van der Waals surface area contributed by atoms with Crippen LogP contribution in [0.5, 0.6) is 0 Å². The Morgan fingerprint density at radius 2 is 2.19 bits per heavy atom. The molecule has 7 heteroatoms. The Hall–Kier alpha value is -2.80. The maximum atomic E-state index is 12.8. The number of carbonyl (C=O) groups is 1. The first-order valence-corrected chi connectivity index (χ1v) is 9.95. The molecule has 1 amide bonds. The summed E-state index contributed by atoms with van der Waals surface area (Å²) in [4.78, 5) is 17.6. The Morgan fingerprint density at radius 3 is 3.00 bits per heavy atom. The van der Waals surface area contributed by atoms with Crippen LogP contribution in [0.1, 0.15) is 25.5 Å². The molecule has 6 nitrogen and oxygen atoms in total. The lowest BCUT2D eigenvalue weighted by Gasteiger charge is -2.32. The summed E-state index contributed by atoms with van der Waals surface area (Å²) in [7, 11) is 0.